The predicted molar refractivity (Wildman–Crippen MR) is 92.1 cm³/mol. The third-order valence-electron chi connectivity index (χ3n) is 5.42. The Hall–Kier alpha value is -1.76. The van der Waals surface area contributed by atoms with E-state index in [9.17, 15) is 13.2 Å². The second kappa shape index (κ2) is 6.52. The lowest BCUT2D eigenvalue weighted by atomic mass is 10.0. The average Bonchev–Trinajstić information content (AvgIpc) is 3.31. The number of carbonyl (C=O) groups is 1. The number of hydrogen-bond donors (Lipinski definition) is 0. The molecule has 0 aromatic heterocycles. The highest BCUT2D eigenvalue weighted by Crippen LogP contribution is 2.34. The van der Waals surface area contributed by atoms with Gasteiger partial charge in [0.15, 0.2) is 21.3 Å². The van der Waals surface area contributed by atoms with Crippen LogP contribution in [0, 0.1) is 5.92 Å². The number of hydrogen-bond acceptors (Lipinski definition) is 5. The van der Waals surface area contributed by atoms with Gasteiger partial charge in [-0.05, 0) is 37.0 Å². The van der Waals surface area contributed by atoms with Gasteiger partial charge >= 0.3 is 0 Å². The predicted octanol–water partition coefficient (Wildman–Crippen LogP) is 2.12. The fraction of sp³-hybridized carbons (Fsp3) is 0.611. The summed E-state index contributed by atoms with van der Waals surface area (Å²) >= 11 is 0. The van der Waals surface area contributed by atoms with Gasteiger partial charge in [0.05, 0.1) is 17.4 Å². The van der Waals surface area contributed by atoms with E-state index in [0.29, 0.717) is 18.7 Å². The molecule has 1 aromatic carbocycles. The van der Waals surface area contributed by atoms with E-state index in [4.69, 9.17) is 9.47 Å². The van der Waals surface area contributed by atoms with Crippen molar-refractivity contribution in [3.63, 3.8) is 0 Å². The standard InChI is InChI=1S/C18H23NO5S/c20-18(14-7-8-25(21,22)11-14)19(15-3-1-2-4-15)10-13-5-6-16-17(9-13)24-12-23-16/h5-6,9,14-15H,1-4,7-8,10-12H2. The molecule has 2 heterocycles. The molecule has 7 heteroatoms. The summed E-state index contributed by atoms with van der Waals surface area (Å²) in [6, 6.07) is 5.95. The monoisotopic (exact) mass is 365 g/mol. The third kappa shape index (κ3) is 3.47. The summed E-state index contributed by atoms with van der Waals surface area (Å²) in [6.07, 6.45) is 4.69. The number of amides is 1. The molecule has 1 saturated carbocycles. The first-order valence-corrected chi connectivity index (χ1v) is 10.7. The topological polar surface area (TPSA) is 72.9 Å². The molecule has 1 aliphatic carbocycles. The largest absolute Gasteiger partial charge is 0.454 e. The van der Waals surface area contributed by atoms with Crippen LogP contribution in [-0.2, 0) is 21.2 Å². The smallest absolute Gasteiger partial charge is 0.231 e. The molecule has 1 saturated heterocycles. The minimum atomic E-state index is -3.06. The molecule has 0 radical (unpaired) electrons. The minimum absolute atomic E-state index is 0.00378. The fourth-order valence-corrected chi connectivity index (χ4v) is 5.80. The molecule has 2 aliphatic heterocycles. The van der Waals surface area contributed by atoms with Crippen molar-refractivity contribution in [1.82, 2.24) is 4.90 Å². The fourth-order valence-electron chi connectivity index (χ4n) is 4.06. The summed E-state index contributed by atoms with van der Waals surface area (Å²) in [7, 11) is -3.06. The Kier molecular flexibility index (Phi) is 4.35. The van der Waals surface area contributed by atoms with Crippen LogP contribution in [0.4, 0.5) is 0 Å². The maximum atomic E-state index is 13.1. The van der Waals surface area contributed by atoms with Gasteiger partial charge in [0.2, 0.25) is 12.7 Å². The molecule has 0 N–H and O–H groups in total. The van der Waals surface area contributed by atoms with Crippen molar-refractivity contribution in [2.75, 3.05) is 18.3 Å². The van der Waals surface area contributed by atoms with Gasteiger partial charge in [-0.3, -0.25) is 4.79 Å². The summed E-state index contributed by atoms with van der Waals surface area (Å²) in [5.41, 5.74) is 0.991. The van der Waals surface area contributed by atoms with Gasteiger partial charge in [-0.1, -0.05) is 18.9 Å². The van der Waals surface area contributed by atoms with E-state index in [-0.39, 0.29) is 36.2 Å². The van der Waals surface area contributed by atoms with Crippen molar-refractivity contribution < 1.29 is 22.7 Å². The van der Waals surface area contributed by atoms with Crippen LogP contribution < -0.4 is 9.47 Å². The van der Waals surface area contributed by atoms with Crippen molar-refractivity contribution in [2.24, 2.45) is 5.92 Å². The lowest BCUT2D eigenvalue weighted by molar-refractivity contribution is -0.137. The lowest BCUT2D eigenvalue weighted by Gasteiger charge is -2.31. The second-order valence-electron chi connectivity index (χ2n) is 7.19. The lowest BCUT2D eigenvalue weighted by Crippen LogP contribution is -2.42. The van der Waals surface area contributed by atoms with Gasteiger partial charge in [-0.25, -0.2) is 8.42 Å². The Labute approximate surface area is 148 Å². The second-order valence-corrected chi connectivity index (χ2v) is 9.42. The Balaban J connectivity index is 1.55. The van der Waals surface area contributed by atoms with Crippen molar-refractivity contribution in [2.45, 2.75) is 44.7 Å². The molecule has 4 rings (SSSR count). The normalized spacial score (nSPS) is 24.6. The zero-order valence-corrected chi connectivity index (χ0v) is 15.0. The van der Waals surface area contributed by atoms with E-state index in [1.807, 2.05) is 23.1 Å². The van der Waals surface area contributed by atoms with Crippen molar-refractivity contribution in [1.29, 1.82) is 0 Å². The van der Waals surface area contributed by atoms with E-state index in [1.54, 1.807) is 0 Å². The molecule has 2 fully saturated rings. The van der Waals surface area contributed by atoms with Gasteiger partial charge in [0, 0.05) is 12.6 Å². The summed E-state index contributed by atoms with van der Waals surface area (Å²) < 4.78 is 34.3. The molecule has 0 spiro atoms. The molecule has 6 nitrogen and oxygen atoms in total. The zero-order chi connectivity index (χ0) is 17.4. The minimum Gasteiger partial charge on any atom is -0.454 e. The first-order chi connectivity index (χ1) is 12.0. The van der Waals surface area contributed by atoms with Crippen LogP contribution in [0.1, 0.15) is 37.7 Å². The molecule has 1 unspecified atom stereocenters. The molecule has 25 heavy (non-hydrogen) atoms. The summed E-state index contributed by atoms with van der Waals surface area (Å²) in [5, 5.41) is 0. The maximum Gasteiger partial charge on any atom is 0.231 e. The number of carbonyl (C=O) groups excluding carboxylic acids is 1. The van der Waals surface area contributed by atoms with Gasteiger partial charge in [-0.2, -0.15) is 0 Å². The average molecular weight is 365 g/mol. The van der Waals surface area contributed by atoms with E-state index in [0.717, 1.165) is 37.0 Å². The van der Waals surface area contributed by atoms with E-state index in [1.165, 1.54) is 0 Å². The van der Waals surface area contributed by atoms with Crippen molar-refractivity contribution in [3.8, 4) is 11.5 Å². The van der Waals surface area contributed by atoms with Crippen molar-refractivity contribution in [3.05, 3.63) is 23.8 Å². The Bertz CT molecular complexity index is 770. The van der Waals surface area contributed by atoms with Gasteiger partial charge in [-0.15, -0.1) is 0 Å². The summed E-state index contributed by atoms with van der Waals surface area (Å²) in [4.78, 5) is 15.0. The molecular weight excluding hydrogens is 342 g/mol. The quantitative estimate of drug-likeness (QED) is 0.817. The number of sulfone groups is 1. The molecular formula is C18H23NO5S. The van der Waals surface area contributed by atoms with Crippen LogP contribution >= 0.6 is 0 Å². The first kappa shape index (κ1) is 16.7. The third-order valence-corrected chi connectivity index (χ3v) is 7.19. The van der Waals surface area contributed by atoms with Crippen LogP contribution in [0.5, 0.6) is 11.5 Å². The Morgan fingerprint density at radius 1 is 1.12 bits per heavy atom. The van der Waals surface area contributed by atoms with E-state index >= 15 is 0 Å². The van der Waals surface area contributed by atoms with Crippen LogP contribution in [0.25, 0.3) is 0 Å². The molecule has 0 bridgehead atoms. The molecule has 3 aliphatic rings. The summed E-state index contributed by atoms with van der Waals surface area (Å²) in [5.74, 6) is 1.16. The van der Waals surface area contributed by atoms with Crippen molar-refractivity contribution >= 4 is 15.7 Å². The van der Waals surface area contributed by atoms with Gasteiger partial charge in [0.1, 0.15) is 0 Å². The highest BCUT2D eigenvalue weighted by molar-refractivity contribution is 7.91. The molecule has 1 amide bonds. The molecule has 136 valence electrons. The Morgan fingerprint density at radius 3 is 2.60 bits per heavy atom. The van der Waals surface area contributed by atoms with Crippen LogP contribution in [0.2, 0.25) is 0 Å². The highest BCUT2D eigenvalue weighted by Gasteiger charge is 2.38. The van der Waals surface area contributed by atoms with Crippen LogP contribution in [-0.4, -0.2) is 43.6 Å². The SMILES string of the molecule is O=C(C1CCS(=O)(=O)C1)N(Cc1ccc2c(c1)OCO2)C1CCCC1. The van der Waals surface area contributed by atoms with Gasteiger partial charge in [0.25, 0.3) is 0 Å². The Morgan fingerprint density at radius 2 is 1.88 bits per heavy atom. The highest BCUT2D eigenvalue weighted by atomic mass is 32.2. The van der Waals surface area contributed by atoms with Crippen LogP contribution in [0.3, 0.4) is 0 Å². The summed E-state index contributed by atoms with van der Waals surface area (Å²) in [6.45, 7) is 0.723. The number of rotatable bonds is 4. The molecule has 1 atom stereocenters. The number of benzene rings is 1. The van der Waals surface area contributed by atoms with Crippen LogP contribution in [0.15, 0.2) is 18.2 Å². The first-order valence-electron chi connectivity index (χ1n) is 8.91. The van der Waals surface area contributed by atoms with E-state index < -0.39 is 9.84 Å². The van der Waals surface area contributed by atoms with E-state index in [2.05, 4.69) is 0 Å². The van der Waals surface area contributed by atoms with Gasteiger partial charge < -0.3 is 14.4 Å². The molecule has 1 aromatic rings. The number of nitrogens with zero attached hydrogens (tertiary/aromatic N) is 1. The number of ether oxygens (including phenoxy) is 2. The number of fused-ring (bicyclic) bond motifs is 1. The zero-order valence-electron chi connectivity index (χ0n) is 14.1. The maximum absolute atomic E-state index is 13.1.